The lowest BCUT2D eigenvalue weighted by molar-refractivity contribution is -0.140. The number of hydrogen-bond donors (Lipinski definition) is 1. The van der Waals surface area contributed by atoms with Crippen LogP contribution in [0.2, 0.25) is 10.0 Å². The molecule has 2 aliphatic carbocycles. The molecule has 3 amide bonds. The lowest BCUT2D eigenvalue weighted by Gasteiger charge is -2.19. The molecular formula is C18H18Cl2N2O3. The number of hydrogen-bond acceptors (Lipinski definition) is 3. The van der Waals surface area contributed by atoms with E-state index in [0.29, 0.717) is 22.5 Å². The third-order valence-corrected chi connectivity index (χ3v) is 6.63. The van der Waals surface area contributed by atoms with E-state index in [1.54, 1.807) is 18.2 Å². The highest BCUT2D eigenvalue weighted by Gasteiger charge is 2.60. The quantitative estimate of drug-likeness (QED) is 0.814. The molecule has 2 saturated carbocycles. The highest BCUT2D eigenvalue weighted by molar-refractivity contribution is 6.44. The van der Waals surface area contributed by atoms with Crippen LogP contribution in [-0.2, 0) is 14.4 Å². The maximum Gasteiger partial charge on any atom is 0.233 e. The van der Waals surface area contributed by atoms with Gasteiger partial charge in [0.25, 0.3) is 0 Å². The maximum absolute atomic E-state index is 12.6. The molecule has 3 aliphatic rings. The molecule has 3 fully saturated rings. The van der Waals surface area contributed by atoms with Crippen LogP contribution in [0.4, 0.5) is 5.69 Å². The second-order valence-corrected chi connectivity index (χ2v) is 7.90. The normalized spacial score (nSPS) is 30.1. The summed E-state index contributed by atoms with van der Waals surface area (Å²) in [4.78, 5) is 38.6. The molecule has 4 rings (SSSR count). The van der Waals surface area contributed by atoms with Crippen LogP contribution < -0.4 is 5.32 Å². The van der Waals surface area contributed by atoms with Gasteiger partial charge in [-0.3, -0.25) is 19.3 Å². The van der Waals surface area contributed by atoms with Gasteiger partial charge in [0.15, 0.2) is 0 Å². The number of rotatable bonds is 4. The first-order valence-electron chi connectivity index (χ1n) is 8.56. The van der Waals surface area contributed by atoms with E-state index in [-0.39, 0.29) is 47.5 Å². The number of nitrogens with zero attached hydrogens (tertiary/aromatic N) is 1. The molecule has 5 nitrogen and oxygen atoms in total. The molecule has 2 bridgehead atoms. The molecule has 0 unspecified atom stereocenters. The van der Waals surface area contributed by atoms with Gasteiger partial charge < -0.3 is 5.32 Å². The van der Waals surface area contributed by atoms with Crippen molar-refractivity contribution in [3.63, 3.8) is 0 Å². The van der Waals surface area contributed by atoms with E-state index in [9.17, 15) is 14.4 Å². The molecule has 0 aromatic heterocycles. The van der Waals surface area contributed by atoms with Crippen molar-refractivity contribution in [2.24, 2.45) is 23.7 Å². The number of fused-ring (bicyclic) bond motifs is 5. The van der Waals surface area contributed by atoms with E-state index in [4.69, 9.17) is 23.2 Å². The van der Waals surface area contributed by atoms with E-state index < -0.39 is 0 Å². The van der Waals surface area contributed by atoms with Crippen LogP contribution in [-0.4, -0.2) is 29.2 Å². The largest absolute Gasteiger partial charge is 0.325 e. The molecule has 4 atom stereocenters. The number of likely N-dealkylation sites (tertiary alicyclic amines) is 1. The molecule has 0 spiro atoms. The van der Waals surface area contributed by atoms with Gasteiger partial charge in [-0.25, -0.2) is 0 Å². The molecule has 132 valence electrons. The first-order chi connectivity index (χ1) is 12.0. The number of anilines is 1. The summed E-state index contributed by atoms with van der Waals surface area (Å²) in [6.07, 6.45) is 3.16. The summed E-state index contributed by atoms with van der Waals surface area (Å²) < 4.78 is 0. The Morgan fingerprint density at radius 3 is 2.40 bits per heavy atom. The molecule has 1 N–H and O–H groups in total. The highest BCUT2D eigenvalue weighted by Crippen LogP contribution is 2.56. The number of nitrogens with one attached hydrogen (secondary N) is 1. The fourth-order valence-corrected chi connectivity index (χ4v) is 5.07. The number of imide groups is 1. The van der Waals surface area contributed by atoms with Crippen molar-refractivity contribution in [2.45, 2.75) is 25.7 Å². The number of carbonyl (C=O) groups is 3. The molecule has 0 radical (unpaired) electrons. The smallest absolute Gasteiger partial charge is 0.233 e. The molecule has 1 heterocycles. The minimum Gasteiger partial charge on any atom is -0.325 e. The molecule has 1 saturated heterocycles. The summed E-state index contributed by atoms with van der Waals surface area (Å²) in [7, 11) is 0. The summed E-state index contributed by atoms with van der Waals surface area (Å²) in [5.74, 6) is -0.0455. The summed E-state index contributed by atoms with van der Waals surface area (Å²) >= 11 is 12.0. The van der Waals surface area contributed by atoms with Crippen molar-refractivity contribution in [1.29, 1.82) is 0 Å². The van der Waals surface area contributed by atoms with Gasteiger partial charge in [0, 0.05) is 13.0 Å². The van der Waals surface area contributed by atoms with E-state index in [0.717, 1.165) is 19.3 Å². The van der Waals surface area contributed by atoms with Gasteiger partial charge in [-0.05, 0) is 43.2 Å². The topological polar surface area (TPSA) is 66.5 Å². The predicted octanol–water partition coefficient (Wildman–Crippen LogP) is 3.35. The Morgan fingerprint density at radius 2 is 1.76 bits per heavy atom. The Balaban J connectivity index is 1.38. The van der Waals surface area contributed by atoms with Gasteiger partial charge >= 0.3 is 0 Å². The standard InChI is InChI=1S/C18H18Cl2N2O3/c19-11-2-1-3-12(16(11)20)21-13(23)6-7-22-17(24)14-9-4-5-10(8-9)15(14)18(22)25/h1-3,9-10,14-15H,4-8H2,(H,21,23)/t9-,10-,14+,15+/m0/s1. The van der Waals surface area contributed by atoms with Gasteiger partial charge in [0.05, 0.1) is 27.6 Å². The fraction of sp³-hybridized carbons (Fsp3) is 0.500. The average molecular weight is 381 g/mol. The molecule has 25 heavy (non-hydrogen) atoms. The van der Waals surface area contributed by atoms with Crippen LogP contribution in [0, 0.1) is 23.7 Å². The van der Waals surface area contributed by atoms with E-state index >= 15 is 0 Å². The first-order valence-corrected chi connectivity index (χ1v) is 9.32. The van der Waals surface area contributed by atoms with Crippen molar-refractivity contribution in [1.82, 2.24) is 4.90 Å². The zero-order valence-corrected chi connectivity index (χ0v) is 15.0. The third-order valence-electron chi connectivity index (χ3n) is 5.81. The van der Waals surface area contributed by atoms with Crippen molar-refractivity contribution in [3.8, 4) is 0 Å². The number of benzene rings is 1. The number of halogens is 2. The second-order valence-electron chi connectivity index (χ2n) is 7.11. The summed E-state index contributed by atoms with van der Waals surface area (Å²) in [5.41, 5.74) is 0.424. The van der Waals surface area contributed by atoms with Crippen LogP contribution in [0.5, 0.6) is 0 Å². The zero-order valence-electron chi connectivity index (χ0n) is 13.5. The number of amides is 3. The average Bonchev–Trinajstić information content (AvgIpc) is 3.25. The summed E-state index contributed by atoms with van der Waals surface area (Å²) in [6.45, 7) is 0.119. The van der Waals surface area contributed by atoms with Gasteiger partial charge in [0.1, 0.15) is 0 Å². The van der Waals surface area contributed by atoms with Gasteiger partial charge in [-0.1, -0.05) is 29.3 Å². The SMILES string of the molecule is O=C(CCN1C(=O)[C@@H]2[C@H]3CC[C@@H](C3)[C@H]2C1=O)Nc1cccc(Cl)c1Cl. The minimum atomic E-state index is -0.301. The Labute approximate surface area is 155 Å². The molecular weight excluding hydrogens is 363 g/mol. The molecule has 7 heteroatoms. The molecule has 1 aromatic rings. The summed E-state index contributed by atoms with van der Waals surface area (Å²) in [5, 5.41) is 3.31. The maximum atomic E-state index is 12.6. The molecule has 1 aromatic carbocycles. The monoisotopic (exact) mass is 380 g/mol. The Hall–Kier alpha value is -1.59. The van der Waals surface area contributed by atoms with E-state index in [1.165, 1.54) is 4.90 Å². The van der Waals surface area contributed by atoms with Crippen LogP contribution in [0.15, 0.2) is 18.2 Å². The summed E-state index contributed by atoms with van der Waals surface area (Å²) in [6, 6.07) is 4.98. The highest BCUT2D eigenvalue weighted by atomic mass is 35.5. The van der Waals surface area contributed by atoms with E-state index in [1.807, 2.05) is 0 Å². The van der Waals surface area contributed by atoms with Crippen LogP contribution in [0.1, 0.15) is 25.7 Å². The second kappa shape index (κ2) is 6.29. The molecule has 1 aliphatic heterocycles. The van der Waals surface area contributed by atoms with Crippen molar-refractivity contribution in [3.05, 3.63) is 28.2 Å². The predicted molar refractivity (Wildman–Crippen MR) is 94.2 cm³/mol. The van der Waals surface area contributed by atoms with Crippen molar-refractivity contribution in [2.75, 3.05) is 11.9 Å². The minimum absolute atomic E-state index is 0.0507. The third kappa shape index (κ3) is 2.74. The van der Waals surface area contributed by atoms with Gasteiger partial charge in [0.2, 0.25) is 17.7 Å². The first kappa shape index (κ1) is 16.9. The fourth-order valence-electron chi connectivity index (χ4n) is 4.72. The van der Waals surface area contributed by atoms with E-state index in [2.05, 4.69) is 5.32 Å². The Morgan fingerprint density at radius 1 is 1.12 bits per heavy atom. The van der Waals surface area contributed by atoms with Gasteiger partial charge in [-0.2, -0.15) is 0 Å². The lowest BCUT2D eigenvalue weighted by Crippen LogP contribution is -2.35. The number of carbonyl (C=O) groups excluding carboxylic acids is 3. The lowest BCUT2D eigenvalue weighted by atomic mass is 9.81. The Kier molecular flexibility index (Phi) is 4.24. The zero-order chi connectivity index (χ0) is 17.7. The van der Waals surface area contributed by atoms with Crippen LogP contribution in [0.3, 0.4) is 0 Å². The van der Waals surface area contributed by atoms with Crippen molar-refractivity contribution >= 4 is 46.6 Å². The van der Waals surface area contributed by atoms with Gasteiger partial charge in [-0.15, -0.1) is 0 Å². The van der Waals surface area contributed by atoms with Crippen molar-refractivity contribution < 1.29 is 14.4 Å². The van der Waals surface area contributed by atoms with Crippen LogP contribution >= 0.6 is 23.2 Å². The Bertz CT molecular complexity index is 739. The van der Waals surface area contributed by atoms with Crippen LogP contribution in [0.25, 0.3) is 0 Å².